The van der Waals surface area contributed by atoms with Gasteiger partial charge in [-0.2, -0.15) is 0 Å². The zero-order chi connectivity index (χ0) is 19.4. The summed E-state index contributed by atoms with van der Waals surface area (Å²) in [6, 6.07) is 4.22. The van der Waals surface area contributed by atoms with Crippen LogP contribution >= 0.6 is 15.9 Å². The molecule has 0 N–H and O–H groups in total. The van der Waals surface area contributed by atoms with Gasteiger partial charge in [-0.3, -0.25) is 9.20 Å². The van der Waals surface area contributed by atoms with Crippen LogP contribution in [0.3, 0.4) is 0 Å². The van der Waals surface area contributed by atoms with Crippen molar-refractivity contribution in [3.05, 3.63) is 52.4 Å². The number of hydrogen-bond donors (Lipinski definition) is 0. The molecule has 0 bridgehead atoms. The lowest BCUT2D eigenvalue weighted by Gasteiger charge is -2.18. The zero-order valence-electron chi connectivity index (χ0n) is 15.2. The highest BCUT2D eigenvalue weighted by molar-refractivity contribution is 9.10. The number of amides is 1. The molecule has 0 aliphatic rings. The number of anilines is 1. The van der Waals surface area contributed by atoms with Gasteiger partial charge in [0.1, 0.15) is 10.3 Å². The van der Waals surface area contributed by atoms with Crippen LogP contribution in [0.15, 0.2) is 35.2 Å². The molecule has 0 spiro atoms. The normalized spacial score (nSPS) is 10.3. The van der Waals surface area contributed by atoms with E-state index in [4.69, 9.17) is 4.74 Å². The fourth-order valence-corrected chi connectivity index (χ4v) is 2.80. The van der Waals surface area contributed by atoms with Gasteiger partial charge in [-0.1, -0.05) is 13.8 Å². The quantitative estimate of drug-likeness (QED) is 0.632. The molecule has 0 saturated carbocycles. The van der Waals surface area contributed by atoms with Crippen molar-refractivity contribution in [1.82, 2.24) is 14.4 Å². The molecule has 1 aromatic carbocycles. The maximum Gasteiger partial charge on any atom is 0.278 e. The Bertz CT molecular complexity index is 942. The van der Waals surface area contributed by atoms with Crippen molar-refractivity contribution in [2.75, 3.05) is 19.1 Å². The molecule has 0 aliphatic heterocycles. The van der Waals surface area contributed by atoms with Crippen LogP contribution in [0.4, 0.5) is 10.1 Å². The SMILES string of the molecule is CC.COc1cc(N(C)C(=O)c2cn3c(C)cnc3c(Br)n2)ccc1F. The molecule has 0 atom stereocenters. The Morgan fingerprint density at radius 2 is 2.04 bits per heavy atom. The Labute approximate surface area is 159 Å². The first-order chi connectivity index (χ1) is 12.4. The fourth-order valence-electron chi connectivity index (χ4n) is 2.32. The van der Waals surface area contributed by atoms with E-state index in [-0.39, 0.29) is 17.4 Å². The predicted octanol–water partition coefficient (Wildman–Crippen LogP) is 4.25. The number of aromatic nitrogens is 3. The molecule has 0 unspecified atom stereocenters. The van der Waals surface area contributed by atoms with Gasteiger partial charge in [0.25, 0.3) is 5.91 Å². The minimum absolute atomic E-state index is 0.0715. The standard InChI is InChI=1S/C16H14BrFN4O2.C2H6/c1-9-7-19-15-14(17)20-12(8-22(9)15)16(23)21(2)10-4-5-11(18)13(6-10)24-3;1-2/h4-8H,1-3H3;1-2H3. The monoisotopic (exact) mass is 422 g/mol. The van der Waals surface area contributed by atoms with Gasteiger partial charge in [0, 0.05) is 36.9 Å². The molecular formula is C18H20BrFN4O2. The maximum atomic E-state index is 13.5. The zero-order valence-corrected chi connectivity index (χ0v) is 16.8. The highest BCUT2D eigenvalue weighted by Gasteiger charge is 2.19. The first kappa shape index (κ1) is 19.8. The summed E-state index contributed by atoms with van der Waals surface area (Å²) in [5, 5.41) is 0. The summed E-state index contributed by atoms with van der Waals surface area (Å²) in [6.45, 7) is 5.88. The molecule has 3 aromatic rings. The van der Waals surface area contributed by atoms with Gasteiger partial charge in [0.2, 0.25) is 0 Å². The summed E-state index contributed by atoms with van der Waals surface area (Å²) in [5.41, 5.74) is 2.25. The van der Waals surface area contributed by atoms with Gasteiger partial charge in [0.05, 0.1) is 7.11 Å². The number of fused-ring (bicyclic) bond motifs is 1. The van der Waals surface area contributed by atoms with E-state index in [0.717, 1.165) is 5.69 Å². The minimum atomic E-state index is -0.488. The second kappa shape index (κ2) is 8.27. The number of halogens is 2. The maximum absolute atomic E-state index is 13.5. The second-order valence-corrected chi connectivity index (χ2v) is 5.94. The summed E-state index contributed by atoms with van der Waals surface area (Å²) < 4.78 is 20.8. The molecule has 0 fully saturated rings. The molecule has 26 heavy (non-hydrogen) atoms. The van der Waals surface area contributed by atoms with E-state index in [0.29, 0.717) is 15.9 Å². The van der Waals surface area contributed by atoms with Crippen LogP contribution in [0.5, 0.6) is 5.75 Å². The lowest BCUT2D eigenvalue weighted by molar-refractivity contribution is 0.0987. The van der Waals surface area contributed by atoms with Gasteiger partial charge in [-0.15, -0.1) is 0 Å². The number of benzene rings is 1. The number of rotatable bonds is 3. The molecule has 3 rings (SSSR count). The van der Waals surface area contributed by atoms with Crippen molar-refractivity contribution >= 4 is 33.2 Å². The van der Waals surface area contributed by atoms with E-state index in [2.05, 4.69) is 25.9 Å². The number of imidazole rings is 1. The fraction of sp³-hybridized carbons (Fsp3) is 0.278. The highest BCUT2D eigenvalue weighted by Crippen LogP contribution is 2.25. The number of ether oxygens (including phenoxy) is 1. The van der Waals surface area contributed by atoms with Gasteiger partial charge >= 0.3 is 0 Å². The molecule has 0 saturated heterocycles. The summed E-state index contributed by atoms with van der Waals surface area (Å²) in [7, 11) is 2.97. The van der Waals surface area contributed by atoms with Crippen LogP contribution in [0, 0.1) is 12.7 Å². The molecule has 6 nitrogen and oxygen atoms in total. The molecular weight excluding hydrogens is 403 g/mol. The predicted molar refractivity (Wildman–Crippen MR) is 102 cm³/mol. The summed E-state index contributed by atoms with van der Waals surface area (Å²) in [6.07, 6.45) is 3.33. The van der Waals surface area contributed by atoms with Crippen molar-refractivity contribution in [3.63, 3.8) is 0 Å². The number of carbonyl (C=O) groups is 1. The molecule has 138 valence electrons. The Morgan fingerprint density at radius 1 is 1.35 bits per heavy atom. The number of hydrogen-bond acceptors (Lipinski definition) is 4. The Hall–Kier alpha value is -2.48. The van der Waals surface area contributed by atoms with Crippen molar-refractivity contribution in [3.8, 4) is 5.75 Å². The summed E-state index contributed by atoms with van der Waals surface area (Å²) in [4.78, 5) is 22.6. The van der Waals surface area contributed by atoms with Crippen molar-refractivity contribution in [2.45, 2.75) is 20.8 Å². The Balaban J connectivity index is 0.00000117. The third kappa shape index (κ3) is 3.70. The molecule has 1 amide bonds. The van der Waals surface area contributed by atoms with Gasteiger partial charge in [0.15, 0.2) is 17.2 Å². The van der Waals surface area contributed by atoms with Crippen LogP contribution in [-0.2, 0) is 0 Å². The van der Waals surface area contributed by atoms with E-state index in [1.165, 1.54) is 30.2 Å². The average Bonchev–Trinajstić information content (AvgIpc) is 3.04. The first-order valence-corrected chi connectivity index (χ1v) is 8.83. The molecule has 2 aromatic heterocycles. The smallest absolute Gasteiger partial charge is 0.278 e. The Kier molecular flexibility index (Phi) is 6.31. The van der Waals surface area contributed by atoms with Crippen LogP contribution in [0.25, 0.3) is 5.65 Å². The molecule has 8 heteroatoms. The molecule has 0 radical (unpaired) electrons. The third-order valence-electron chi connectivity index (χ3n) is 3.68. The van der Waals surface area contributed by atoms with Gasteiger partial charge in [-0.25, -0.2) is 14.4 Å². The van der Waals surface area contributed by atoms with Gasteiger partial charge in [-0.05, 0) is 35.0 Å². The van der Waals surface area contributed by atoms with Crippen molar-refractivity contribution in [1.29, 1.82) is 0 Å². The number of aryl methyl sites for hydroxylation is 1. The van der Waals surface area contributed by atoms with Gasteiger partial charge < -0.3 is 9.64 Å². The first-order valence-electron chi connectivity index (χ1n) is 8.04. The van der Waals surface area contributed by atoms with E-state index < -0.39 is 5.82 Å². The minimum Gasteiger partial charge on any atom is -0.494 e. The van der Waals surface area contributed by atoms with E-state index in [1.807, 2.05) is 20.8 Å². The largest absolute Gasteiger partial charge is 0.494 e. The summed E-state index contributed by atoms with van der Waals surface area (Å²) in [5.74, 6) is -0.750. The van der Waals surface area contributed by atoms with E-state index in [9.17, 15) is 9.18 Å². The second-order valence-electron chi connectivity index (χ2n) is 5.19. The van der Waals surface area contributed by atoms with Crippen LogP contribution in [-0.4, -0.2) is 34.4 Å². The van der Waals surface area contributed by atoms with Crippen LogP contribution in [0.1, 0.15) is 30.0 Å². The average molecular weight is 423 g/mol. The number of methoxy groups -OCH3 is 1. The van der Waals surface area contributed by atoms with E-state index >= 15 is 0 Å². The lowest BCUT2D eigenvalue weighted by Crippen LogP contribution is -2.27. The topological polar surface area (TPSA) is 59.7 Å². The highest BCUT2D eigenvalue weighted by atomic mass is 79.9. The van der Waals surface area contributed by atoms with Crippen LogP contribution in [0.2, 0.25) is 0 Å². The molecule has 2 heterocycles. The molecule has 0 aliphatic carbocycles. The Morgan fingerprint density at radius 3 is 2.69 bits per heavy atom. The van der Waals surface area contributed by atoms with E-state index in [1.54, 1.807) is 23.8 Å². The summed E-state index contributed by atoms with van der Waals surface area (Å²) >= 11 is 3.33. The number of nitrogens with zero attached hydrogens (tertiary/aromatic N) is 4. The van der Waals surface area contributed by atoms with Crippen molar-refractivity contribution < 1.29 is 13.9 Å². The number of carbonyl (C=O) groups excluding carboxylic acids is 1. The van der Waals surface area contributed by atoms with Crippen molar-refractivity contribution in [2.24, 2.45) is 0 Å². The lowest BCUT2D eigenvalue weighted by atomic mass is 10.2. The third-order valence-corrected chi connectivity index (χ3v) is 4.21. The van der Waals surface area contributed by atoms with Crippen LogP contribution < -0.4 is 9.64 Å².